The Kier molecular flexibility index (Phi) is 18.4. The van der Waals surface area contributed by atoms with Crippen molar-refractivity contribution in [3.05, 3.63) is 72.3 Å². The number of carbonyl (C=O) groups excluding carboxylic acids is 3. The lowest BCUT2D eigenvalue weighted by Gasteiger charge is -2.28. The second-order valence-electron chi connectivity index (χ2n) is 14.5. The molecule has 0 spiro atoms. The van der Waals surface area contributed by atoms with Gasteiger partial charge in [-0.1, -0.05) is 146 Å². The molecule has 0 radical (unpaired) electrons. The van der Waals surface area contributed by atoms with Gasteiger partial charge in [-0.25, -0.2) is 14.4 Å². The quantitative estimate of drug-likeness (QED) is 0.0485. The van der Waals surface area contributed by atoms with Crippen molar-refractivity contribution in [2.75, 3.05) is 19.8 Å². The Morgan fingerprint density at radius 2 is 1.12 bits per heavy atom. The van der Waals surface area contributed by atoms with Crippen molar-refractivity contribution >= 4 is 17.9 Å². The van der Waals surface area contributed by atoms with Gasteiger partial charge in [0, 0.05) is 11.6 Å². The number of carbonyl (C=O) groups is 3. The molecular weight excluding hydrogens is 656 g/mol. The number of hydrogen-bond acceptors (Lipinski definition) is 8. The second-order valence-corrected chi connectivity index (χ2v) is 14.5. The molecule has 2 aliphatic rings. The van der Waals surface area contributed by atoms with E-state index in [-0.39, 0.29) is 19.2 Å². The van der Waals surface area contributed by atoms with Crippen LogP contribution in [0, 0.1) is 11.8 Å². The number of unbranched alkanes of at least 4 members (excludes halogenated alkanes) is 6. The van der Waals surface area contributed by atoms with Crippen LogP contribution in [0.1, 0.15) is 134 Å². The second kappa shape index (κ2) is 23.2. The number of aryl methyl sites for hydroxylation is 1. The van der Waals surface area contributed by atoms with Crippen LogP contribution in [0.3, 0.4) is 0 Å². The molecule has 8 nitrogen and oxygen atoms in total. The summed E-state index contributed by atoms with van der Waals surface area (Å²) >= 11 is 0. The van der Waals surface area contributed by atoms with E-state index in [9.17, 15) is 14.4 Å². The minimum Gasteiger partial charge on any atom is -0.464 e. The fourth-order valence-electron chi connectivity index (χ4n) is 7.14. The van der Waals surface area contributed by atoms with Gasteiger partial charge in [-0.3, -0.25) is 0 Å². The Morgan fingerprint density at radius 3 is 1.63 bits per heavy atom. The third kappa shape index (κ3) is 13.8. The Labute approximate surface area is 312 Å². The normalized spacial score (nSPS) is 20.3. The first-order chi connectivity index (χ1) is 25.4. The van der Waals surface area contributed by atoms with Gasteiger partial charge in [-0.05, 0) is 60.6 Å². The summed E-state index contributed by atoms with van der Waals surface area (Å²) < 4.78 is 27.7. The number of esters is 3. The summed E-state index contributed by atoms with van der Waals surface area (Å²) in [5.74, 6) is 0.255. The number of rotatable bonds is 23. The molecule has 0 aromatic heterocycles. The molecule has 0 N–H and O–H groups in total. The van der Waals surface area contributed by atoms with Crippen molar-refractivity contribution in [1.29, 1.82) is 0 Å². The van der Waals surface area contributed by atoms with Crippen LogP contribution in [-0.4, -0.2) is 49.9 Å². The highest BCUT2D eigenvalue weighted by atomic mass is 16.8. The van der Waals surface area contributed by atoms with Gasteiger partial charge in [-0.2, -0.15) is 0 Å². The monoisotopic (exact) mass is 718 g/mol. The third-order valence-corrected chi connectivity index (χ3v) is 10.4. The molecule has 0 bridgehead atoms. The number of ether oxygens (including phenoxy) is 5. The van der Waals surface area contributed by atoms with Crippen LogP contribution in [0.25, 0.3) is 11.1 Å². The molecule has 52 heavy (non-hydrogen) atoms. The maximum Gasteiger partial charge on any atom is 0.338 e. The smallest absolute Gasteiger partial charge is 0.338 e. The van der Waals surface area contributed by atoms with Gasteiger partial charge in [0.2, 0.25) is 0 Å². The van der Waals surface area contributed by atoms with Crippen LogP contribution in [0.15, 0.2) is 61.2 Å². The summed E-state index contributed by atoms with van der Waals surface area (Å²) in [6, 6.07) is 16.7. The van der Waals surface area contributed by atoms with Crippen LogP contribution in [0.4, 0.5) is 0 Å². The topological polar surface area (TPSA) is 97.4 Å². The minimum absolute atomic E-state index is 0.273. The summed E-state index contributed by atoms with van der Waals surface area (Å²) in [5, 5.41) is 0. The maximum absolute atomic E-state index is 12.8. The zero-order valence-corrected chi connectivity index (χ0v) is 31.7. The summed E-state index contributed by atoms with van der Waals surface area (Å²) in [6.07, 6.45) is 17.7. The molecule has 2 atom stereocenters. The minimum atomic E-state index is -1.17. The highest BCUT2D eigenvalue weighted by molar-refractivity contribution is 5.86. The highest BCUT2D eigenvalue weighted by Gasteiger charge is 2.47. The van der Waals surface area contributed by atoms with Crippen molar-refractivity contribution in [2.45, 2.75) is 141 Å². The zero-order chi connectivity index (χ0) is 37.0. The van der Waals surface area contributed by atoms with Crippen LogP contribution in [0.5, 0.6) is 0 Å². The maximum atomic E-state index is 12.8. The van der Waals surface area contributed by atoms with Crippen molar-refractivity contribution in [3.8, 4) is 11.1 Å². The third-order valence-electron chi connectivity index (χ3n) is 10.4. The van der Waals surface area contributed by atoms with E-state index in [0.29, 0.717) is 6.61 Å². The molecular formula is C44H62O8. The number of benzene rings is 2. The van der Waals surface area contributed by atoms with E-state index in [1.807, 2.05) is 38.1 Å². The van der Waals surface area contributed by atoms with Crippen molar-refractivity contribution in [2.24, 2.45) is 11.8 Å². The van der Waals surface area contributed by atoms with E-state index in [1.54, 1.807) is 0 Å². The SMILES string of the molecule is C=CC(=O)OCCCCCC[C@H]1CC[C@H](CCCCc2ccc(-c3ccc(C4O[C@@H](C(=O)OCCCC)[C@H](C(=O)OCCCC)O4)cc3)cc2)CC1. The first-order valence-corrected chi connectivity index (χ1v) is 20.0. The van der Waals surface area contributed by atoms with Crippen LogP contribution < -0.4 is 0 Å². The van der Waals surface area contributed by atoms with Crippen molar-refractivity contribution in [1.82, 2.24) is 0 Å². The largest absolute Gasteiger partial charge is 0.464 e. The Bertz CT molecular complexity index is 1320. The molecule has 1 heterocycles. The molecule has 8 heteroatoms. The molecule has 1 aliphatic heterocycles. The molecule has 0 unspecified atom stereocenters. The van der Waals surface area contributed by atoms with Gasteiger partial charge in [0.05, 0.1) is 19.8 Å². The summed E-state index contributed by atoms with van der Waals surface area (Å²) in [4.78, 5) is 36.7. The summed E-state index contributed by atoms with van der Waals surface area (Å²) in [7, 11) is 0. The molecule has 2 fully saturated rings. The lowest BCUT2D eigenvalue weighted by Crippen LogP contribution is -2.39. The first kappa shape index (κ1) is 41.3. The van der Waals surface area contributed by atoms with Crippen molar-refractivity contribution < 1.29 is 38.1 Å². The fourth-order valence-corrected chi connectivity index (χ4v) is 7.14. The average Bonchev–Trinajstić information content (AvgIpc) is 3.63. The Morgan fingerprint density at radius 1 is 0.635 bits per heavy atom. The van der Waals surface area contributed by atoms with E-state index in [0.717, 1.165) is 73.5 Å². The van der Waals surface area contributed by atoms with E-state index < -0.39 is 30.4 Å². The summed E-state index contributed by atoms with van der Waals surface area (Å²) in [5.41, 5.74) is 4.29. The van der Waals surface area contributed by atoms with E-state index in [1.165, 1.54) is 75.8 Å². The highest BCUT2D eigenvalue weighted by Crippen LogP contribution is 2.36. The lowest BCUT2D eigenvalue weighted by atomic mass is 9.78. The zero-order valence-electron chi connectivity index (χ0n) is 31.7. The van der Waals surface area contributed by atoms with E-state index in [4.69, 9.17) is 23.7 Å². The molecule has 2 aromatic rings. The Hall–Kier alpha value is -3.49. The Balaban J connectivity index is 1.15. The van der Waals surface area contributed by atoms with Gasteiger partial charge in [0.1, 0.15) is 0 Å². The van der Waals surface area contributed by atoms with Crippen LogP contribution in [-0.2, 0) is 44.5 Å². The predicted molar refractivity (Wildman–Crippen MR) is 203 cm³/mol. The standard InChI is InChI=1S/C44H62O8/c1-4-7-30-49-42(46)40-41(43(47)50-31-8-5-2)52-44(51-40)38-28-26-37(27-29-38)36-24-22-35(23-25-36)17-13-12-16-34-20-18-33(19-21-34)15-11-9-10-14-32-48-39(45)6-3/h6,22-29,33-34,40-41,44H,3-5,7-21,30-32H2,1-2H3/t33-,34-,40-,41-/m1/s1. The van der Waals surface area contributed by atoms with E-state index >= 15 is 0 Å². The van der Waals surface area contributed by atoms with Crippen LogP contribution in [0.2, 0.25) is 0 Å². The molecule has 0 amide bonds. The molecule has 4 rings (SSSR count). The van der Waals surface area contributed by atoms with Gasteiger partial charge < -0.3 is 23.7 Å². The van der Waals surface area contributed by atoms with Crippen LogP contribution >= 0.6 is 0 Å². The molecule has 1 saturated heterocycles. The van der Waals surface area contributed by atoms with Gasteiger partial charge >= 0.3 is 17.9 Å². The lowest BCUT2D eigenvalue weighted by molar-refractivity contribution is -0.163. The van der Waals surface area contributed by atoms with E-state index in [2.05, 4.69) is 30.8 Å². The average molecular weight is 719 g/mol. The fraction of sp³-hybridized carbons (Fsp3) is 0.614. The predicted octanol–water partition coefficient (Wildman–Crippen LogP) is 10.0. The molecule has 2 aromatic carbocycles. The molecule has 286 valence electrons. The van der Waals surface area contributed by atoms with Gasteiger partial charge in [0.15, 0.2) is 18.5 Å². The first-order valence-electron chi connectivity index (χ1n) is 20.0. The molecule has 1 saturated carbocycles. The summed E-state index contributed by atoms with van der Waals surface area (Å²) in [6.45, 7) is 8.51. The molecule has 1 aliphatic carbocycles. The number of hydrogen-bond donors (Lipinski definition) is 0. The van der Waals surface area contributed by atoms with Crippen molar-refractivity contribution in [3.63, 3.8) is 0 Å². The van der Waals surface area contributed by atoms with Gasteiger partial charge in [0.25, 0.3) is 0 Å². The van der Waals surface area contributed by atoms with Gasteiger partial charge in [-0.15, -0.1) is 0 Å².